The highest BCUT2D eigenvalue weighted by atomic mass is 32.2. The fourth-order valence-corrected chi connectivity index (χ4v) is 4.07. The van der Waals surface area contributed by atoms with Crippen LogP contribution in [0.15, 0.2) is 53.7 Å². The summed E-state index contributed by atoms with van der Waals surface area (Å²) in [5, 5.41) is 12.1. The van der Waals surface area contributed by atoms with E-state index in [9.17, 15) is 4.79 Å². The summed E-state index contributed by atoms with van der Waals surface area (Å²) >= 11 is 1.44. The standard InChI is InChI=1S/C23H28N4OS/c1-15(2)20-13-9-10-16(3)21(20)24-22(28)17(4)29-23-26-25-18(5)27(23)14-19-11-7-6-8-12-19/h6-13,15,17H,14H2,1-5H3,(H,24,28). The number of carbonyl (C=O) groups is 1. The number of nitrogens with one attached hydrogen (secondary N) is 1. The van der Waals surface area contributed by atoms with Gasteiger partial charge in [0.2, 0.25) is 5.91 Å². The van der Waals surface area contributed by atoms with Gasteiger partial charge in [0.1, 0.15) is 5.82 Å². The lowest BCUT2D eigenvalue weighted by molar-refractivity contribution is -0.115. The minimum Gasteiger partial charge on any atom is -0.325 e. The normalized spacial score (nSPS) is 12.2. The van der Waals surface area contributed by atoms with Crippen LogP contribution in [-0.2, 0) is 11.3 Å². The second-order valence-corrected chi connectivity index (χ2v) is 8.85. The van der Waals surface area contributed by atoms with Gasteiger partial charge in [-0.2, -0.15) is 0 Å². The number of aromatic nitrogens is 3. The summed E-state index contributed by atoms with van der Waals surface area (Å²) in [5.74, 6) is 1.15. The fourth-order valence-electron chi connectivity index (χ4n) is 3.18. The maximum Gasteiger partial charge on any atom is 0.237 e. The van der Waals surface area contributed by atoms with Gasteiger partial charge in [0.25, 0.3) is 0 Å². The first-order valence-electron chi connectivity index (χ1n) is 9.87. The molecule has 1 aromatic heterocycles. The van der Waals surface area contributed by atoms with Crippen LogP contribution in [0.25, 0.3) is 0 Å². The van der Waals surface area contributed by atoms with Crippen LogP contribution in [0.3, 0.4) is 0 Å². The predicted molar refractivity (Wildman–Crippen MR) is 120 cm³/mol. The first-order chi connectivity index (χ1) is 13.9. The van der Waals surface area contributed by atoms with E-state index < -0.39 is 0 Å². The first kappa shape index (κ1) is 21.1. The molecule has 0 aliphatic rings. The van der Waals surface area contributed by atoms with E-state index in [4.69, 9.17) is 0 Å². The van der Waals surface area contributed by atoms with Gasteiger partial charge in [0, 0.05) is 5.69 Å². The van der Waals surface area contributed by atoms with E-state index in [1.165, 1.54) is 17.3 Å². The molecule has 1 N–H and O–H groups in total. The minimum atomic E-state index is -0.298. The summed E-state index contributed by atoms with van der Waals surface area (Å²) < 4.78 is 2.05. The molecule has 0 aliphatic carbocycles. The van der Waals surface area contributed by atoms with Gasteiger partial charge in [-0.15, -0.1) is 10.2 Å². The van der Waals surface area contributed by atoms with E-state index in [0.717, 1.165) is 27.8 Å². The topological polar surface area (TPSA) is 59.8 Å². The number of benzene rings is 2. The number of thioether (sulfide) groups is 1. The van der Waals surface area contributed by atoms with E-state index >= 15 is 0 Å². The number of carbonyl (C=O) groups excluding carboxylic acids is 1. The van der Waals surface area contributed by atoms with E-state index in [-0.39, 0.29) is 11.2 Å². The SMILES string of the molecule is Cc1cccc(C(C)C)c1NC(=O)C(C)Sc1nnc(C)n1Cc1ccccc1. The summed E-state index contributed by atoms with van der Waals surface area (Å²) in [7, 11) is 0. The van der Waals surface area contributed by atoms with Crippen molar-refractivity contribution in [3.8, 4) is 0 Å². The molecule has 152 valence electrons. The average Bonchev–Trinajstić information content (AvgIpc) is 3.03. The molecule has 5 nitrogen and oxygen atoms in total. The lowest BCUT2D eigenvalue weighted by Gasteiger charge is -2.18. The largest absolute Gasteiger partial charge is 0.325 e. The van der Waals surface area contributed by atoms with Crippen LogP contribution in [0.2, 0.25) is 0 Å². The van der Waals surface area contributed by atoms with Crippen molar-refractivity contribution in [1.82, 2.24) is 14.8 Å². The number of para-hydroxylation sites is 1. The summed E-state index contributed by atoms with van der Waals surface area (Å²) in [6.07, 6.45) is 0. The molecule has 0 bridgehead atoms. The molecule has 3 aromatic rings. The van der Waals surface area contributed by atoms with E-state index in [1.807, 2.05) is 51.1 Å². The molecule has 0 fully saturated rings. The van der Waals surface area contributed by atoms with Gasteiger partial charge in [0.15, 0.2) is 5.16 Å². The smallest absolute Gasteiger partial charge is 0.237 e. The molecule has 1 unspecified atom stereocenters. The lowest BCUT2D eigenvalue weighted by atomic mass is 9.98. The third-order valence-corrected chi connectivity index (χ3v) is 5.99. The molecule has 1 heterocycles. The van der Waals surface area contributed by atoms with Crippen molar-refractivity contribution >= 4 is 23.4 Å². The molecule has 3 rings (SSSR count). The molecule has 0 spiro atoms. The van der Waals surface area contributed by atoms with Crippen LogP contribution < -0.4 is 5.32 Å². The highest BCUT2D eigenvalue weighted by Crippen LogP contribution is 2.29. The summed E-state index contributed by atoms with van der Waals surface area (Å²) in [6.45, 7) is 10.8. The van der Waals surface area contributed by atoms with Crippen molar-refractivity contribution in [2.75, 3.05) is 5.32 Å². The van der Waals surface area contributed by atoms with Crippen LogP contribution in [-0.4, -0.2) is 25.9 Å². The third kappa shape index (κ3) is 5.07. The molecule has 1 atom stereocenters. The van der Waals surface area contributed by atoms with Crippen LogP contribution in [0.1, 0.15) is 49.2 Å². The number of amides is 1. The Morgan fingerprint density at radius 2 is 1.76 bits per heavy atom. The van der Waals surface area contributed by atoms with E-state index in [2.05, 4.69) is 52.1 Å². The Kier molecular flexibility index (Phi) is 6.75. The van der Waals surface area contributed by atoms with Crippen molar-refractivity contribution in [1.29, 1.82) is 0 Å². The van der Waals surface area contributed by atoms with Gasteiger partial charge >= 0.3 is 0 Å². The molecular weight excluding hydrogens is 380 g/mol. The minimum absolute atomic E-state index is 0.0295. The zero-order chi connectivity index (χ0) is 21.0. The van der Waals surface area contributed by atoms with Crippen LogP contribution in [0.4, 0.5) is 5.69 Å². The lowest BCUT2D eigenvalue weighted by Crippen LogP contribution is -2.24. The van der Waals surface area contributed by atoms with Crippen molar-refractivity contribution in [2.24, 2.45) is 0 Å². The number of aryl methyl sites for hydroxylation is 2. The summed E-state index contributed by atoms with van der Waals surface area (Å²) in [4.78, 5) is 12.9. The highest BCUT2D eigenvalue weighted by molar-refractivity contribution is 8.00. The number of hydrogen-bond acceptors (Lipinski definition) is 4. The van der Waals surface area contributed by atoms with Crippen LogP contribution >= 0.6 is 11.8 Å². The Morgan fingerprint density at radius 3 is 2.45 bits per heavy atom. The Morgan fingerprint density at radius 1 is 1.03 bits per heavy atom. The van der Waals surface area contributed by atoms with Gasteiger partial charge < -0.3 is 9.88 Å². The molecule has 0 saturated carbocycles. The molecule has 2 aromatic carbocycles. The van der Waals surface area contributed by atoms with Gasteiger partial charge in [-0.05, 0) is 43.4 Å². The van der Waals surface area contributed by atoms with Crippen molar-refractivity contribution in [2.45, 2.75) is 57.5 Å². The number of rotatable bonds is 7. The molecular formula is C23H28N4OS. The predicted octanol–water partition coefficient (Wildman–Crippen LogP) is 5.19. The van der Waals surface area contributed by atoms with Crippen molar-refractivity contribution in [3.05, 3.63) is 71.0 Å². The second-order valence-electron chi connectivity index (χ2n) is 7.54. The summed E-state index contributed by atoms with van der Waals surface area (Å²) in [6, 6.07) is 16.3. The molecule has 0 radical (unpaired) electrons. The highest BCUT2D eigenvalue weighted by Gasteiger charge is 2.21. The Labute approximate surface area is 176 Å². The maximum atomic E-state index is 12.9. The quantitative estimate of drug-likeness (QED) is 0.547. The van der Waals surface area contributed by atoms with Crippen LogP contribution in [0, 0.1) is 13.8 Å². The Bertz CT molecular complexity index is 982. The fraction of sp³-hybridized carbons (Fsp3) is 0.348. The third-order valence-electron chi connectivity index (χ3n) is 4.91. The van der Waals surface area contributed by atoms with Crippen LogP contribution in [0.5, 0.6) is 0 Å². The molecule has 0 aliphatic heterocycles. The molecule has 6 heteroatoms. The average molecular weight is 409 g/mol. The Hall–Kier alpha value is -2.60. The summed E-state index contributed by atoms with van der Waals surface area (Å²) in [5.41, 5.74) is 4.32. The maximum absolute atomic E-state index is 12.9. The van der Waals surface area contributed by atoms with Gasteiger partial charge in [-0.25, -0.2) is 0 Å². The molecule has 1 amide bonds. The zero-order valence-electron chi connectivity index (χ0n) is 17.6. The van der Waals surface area contributed by atoms with Gasteiger partial charge in [0.05, 0.1) is 11.8 Å². The second kappa shape index (κ2) is 9.27. The van der Waals surface area contributed by atoms with Crippen molar-refractivity contribution in [3.63, 3.8) is 0 Å². The monoisotopic (exact) mass is 408 g/mol. The van der Waals surface area contributed by atoms with E-state index in [1.54, 1.807) is 0 Å². The van der Waals surface area contributed by atoms with E-state index in [0.29, 0.717) is 12.5 Å². The first-order valence-corrected chi connectivity index (χ1v) is 10.8. The van der Waals surface area contributed by atoms with Crippen molar-refractivity contribution < 1.29 is 4.79 Å². The van der Waals surface area contributed by atoms with Gasteiger partial charge in [-0.1, -0.05) is 74.1 Å². The molecule has 0 saturated heterocycles. The number of anilines is 1. The van der Waals surface area contributed by atoms with Gasteiger partial charge in [-0.3, -0.25) is 4.79 Å². The Balaban J connectivity index is 1.75. The number of hydrogen-bond donors (Lipinski definition) is 1. The zero-order valence-corrected chi connectivity index (χ0v) is 18.5. The number of nitrogens with zero attached hydrogens (tertiary/aromatic N) is 3. The molecule has 29 heavy (non-hydrogen) atoms.